The van der Waals surface area contributed by atoms with Gasteiger partial charge in [-0.3, -0.25) is 10.1 Å². The van der Waals surface area contributed by atoms with Gasteiger partial charge in [-0.15, -0.1) is 10.2 Å². The molecule has 23 heavy (non-hydrogen) atoms. The van der Waals surface area contributed by atoms with E-state index in [2.05, 4.69) is 25.5 Å². The lowest BCUT2D eigenvalue weighted by Crippen LogP contribution is -2.13. The van der Waals surface area contributed by atoms with Crippen molar-refractivity contribution in [2.75, 3.05) is 12.4 Å². The van der Waals surface area contributed by atoms with Crippen molar-refractivity contribution < 1.29 is 13.9 Å². The van der Waals surface area contributed by atoms with Crippen molar-refractivity contribution in [1.82, 2.24) is 20.2 Å². The van der Waals surface area contributed by atoms with E-state index in [4.69, 9.17) is 9.15 Å². The highest BCUT2D eigenvalue weighted by Gasteiger charge is 2.13. The molecule has 0 atom stereocenters. The highest BCUT2D eigenvalue weighted by atomic mass is 16.5. The van der Waals surface area contributed by atoms with Gasteiger partial charge in [0.15, 0.2) is 11.4 Å². The first-order valence-electron chi connectivity index (χ1n) is 6.79. The molecule has 0 aliphatic heterocycles. The number of methoxy groups -OCH3 is 1. The quantitative estimate of drug-likeness (QED) is 0.601. The van der Waals surface area contributed by atoms with Crippen LogP contribution in [0.5, 0.6) is 5.75 Å². The molecule has 1 aromatic carbocycles. The van der Waals surface area contributed by atoms with Crippen LogP contribution in [-0.4, -0.2) is 33.2 Å². The molecule has 2 N–H and O–H groups in total. The highest BCUT2D eigenvalue weighted by Crippen LogP contribution is 2.26. The maximum Gasteiger partial charge on any atom is 0.293 e. The van der Waals surface area contributed by atoms with Gasteiger partial charge in [0.1, 0.15) is 11.3 Å². The van der Waals surface area contributed by atoms with Gasteiger partial charge in [-0.2, -0.15) is 4.98 Å². The molecular weight excluding hydrogens is 298 g/mol. The van der Waals surface area contributed by atoms with Crippen LogP contribution in [0.4, 0.5) is 5.95 Å². The van der Waals surface area contributed by atoms with Gasteiger partial charge in [-0.25, -0.2) is 0 Å². The molecule has 0 aliphatic carbocycles. The van der Waals surface area contributed by atoms with E-state index in [1.165, 1.54) is 6.26 Å². The normalized spacial score (nSPS) is 11.0. The number of fused-ring (bicyclic) bond motifs is 3. The van der Waals surface area contributed by atoms with Crippen LogP contribution in [-0.2, 0) is 0 Å². The minimum atomic E-state index is -0.436. The Bertz CT molecular complexity index is 1010. The van der Waals surface area contributed by atoms with Crippen molar-refractivity contribution in [3.8, 4) is 5.75 Å². The highest BCUT2D eigenvalue weighted by molar-refractivity contribution is 6.05. The molecule has 114 valence electrons. The molecule has 0 fully saturated rings. The summed E-state index contributed by atoms with van der Waals surface area (Å²) in [7, 11) is 1.60. The third kappa shape index (κ3) is 2.26. The van der Waals surface area contributed by atoms with Crippen molar-refractivity contribution in [3.63, 3.8) is 0 Å². The number of amides is 1. The molecule has 8 nitrogen and oxygen atoms in total. The van der Waals surface area contributed by atoms with Gasteiger partial charge in [0.2, 0.25) is 0 Å². The van der Waals surface area contributed by atoms with Crippen molar-refractivity contribution >= 4 is 33.9 Å². The molecule has 4 aromatic rings. The molecule has 1 amide bonds. The minimum absolute atomic E-state index is 0.0948. The predicted octanol–water partition coefficient (Wildman–Crippen LogP) is 2.36. The van der Waals surface area contributed by atoms with Crippen LogP contribution in [0.15, 0.2) is 41.0 Å². The number of hydrogen-bond acceptors (Lipinski definition) is 6. The van der Waals surface area contributed by atoms with Gasteiger partial charge < -0.3 is 14.1 Å². The van der Waals surface area contributed by atoms with E-state index >= 15 is 0 Å². The molecule has 0 saturated carbocycles. The lowest BCUT2D eigenvalue weighted by Gasteiger charge is -2.00. The number of nitrogens with zero attached hydrogens (tertiary/aromatic N) is 3. The minimum Gasteiger partial charge on any atom is -0.497 e. The molecular formula is C15H11N5O3. The van der Waals surface area contributed by atoms with E-state index in [1.54, 1.807) is 19.2 Å². The summed E-state index contributed by atoms with van der Waals surface area (Å²) in [4.78, 5) is 19.3. The van der Waals surface area contributed by atoms with Crippen LogP contribution in [0, 0.1) is 0 Å². The maximum atomic E-state index is 11.9. The second kappa shape index (κ2) is 5.09. The van der Waals surface area contributed by atoms with Crippen LogP contribution in [0.3, 0.4) is 0 Å². The number of furan rings is 1. The fourth-order valence-corrected chi connectivity index (χ4v) is 2.30. The third-order valence-electron chi connectivity index (χ3n) is 3.39. The van der Waals surface area contributed by atoms with Gasteiger partial charge in [0, 0.05) is 10.9 Å². The number of benzene rings is 1. The summed E-state index contributed by atoms with van der Waals surface area (Å²) in [6.45, 7) is 0. The van der Waals surface area contributed by atoms with Crippen molar-refractivity contribution in [3.05, 3.63) is 42.4 Å². The van der Waals surface area contributed by atoms with E-state index < -0.39 is 5.91 Å². The van der Waals surface area contributed by atoms with Crippen LogP contribution < -0.4 is 10.1 Å². The number of carbonyl (C=O) groups is 1. The van der Waals surface area contributed by atoms with Gasteiger partial charge in [-0.1, -0.05) is 0 Å². The number of anilines is 1. The topological polar surface area (TPSA) is 106 Å². The monoisotopic (exact) mass is 309 g/mol. The summed E-state index contributed by atoms with van der Waals surface area (Å²) in [6.07, 6.45) is 1.42. The van der Waals surface area contributed by atoms with Crippen LogP contribution in [0.2, 0.25) is 0 Å². The van der Waals surface area contributed by atoms with Gasteiger partial charge >= 0.3 is 0 Å². The van der Waals surface area contributed by atoms with Gasteiger partial charge in [-0.05, 0) is 30.3 Å². The smallest absolute Gasteiger partial charge is 0.293 e. The average molecular weight is 309 g/mol. The molecule has 0 bridgehead atoms. The molecule has 0 radical (unpaired) electrons. The third-order valence-corrected chi connectivity index (χ3v) is 3.39. The Morgan fingerprint density at radius 3 is 3.00 bits per heavy atom. The first-order valence-corrected chi connectivity index (χ1v) is 6.79. The number of aromatic nitrogens is 4. The summed E-state index contributed by atoms with van der Waals surface area (Å²) < 4.78 is 10.2. The SMILES string of the molecule is COc1ccc2[nH]c3nc(NC(=O)c4ccco4)nnc3c2c1. The Kier molecular flexibility index (Phi) is 2.94. The fourth-order valence-electron chi connectivity index (χ4n) is 2.30. The molecule has 8 heteroatoms. The zero-order valence-corrected chi connectivity index (χ0v) is 12.0. The summed E-state index contributed by atoms with van der Waals surface area (Å²) in [5.41, 5.74) is 1.99. The second-order valence-electron chi connectivity index (χ2n) is 4.80. The standard InChI is InChI=1S/C15H11N5O3/c1-22-8-4-5-10-9(7-8)12-13(16-10)17-15(20-19-12)18-14(21)11-3-2-6-23-11/h2-7H,1H3,(H2,16,17,18,20,21). The zero-order chi connectivity index (χ0) is 15.8. The van der Waals surface area contributed by atoms with E-state index in [1.807, 2.05) is 18.2 Å². The molecule has 4 rings (SSSR count). The predicted molar refractivity (Wildman–Crippen MR) is 82.4 cm³/mol. The van der Waals surface area contributed by atoms with Crippen LogP contribution in [0.1, 0.15) is 10.6 Å². The average Bonchev–Trinajstić information content (AvgIpc) is 3.21. The Hall–Kier alpha value is -3.42. The molecule has 0 aliphatic rings. The number of hydrogen-bond donors (Lipinski definition) is 2. The van der Waals surface area contributed by atoms with Crippen molar-refractivity contribution in [2.24, 2.45) is 0 Å². The first-order chi connectivity index (χ1) is 11.2. The van der Waals surface area contributed by atoms with Crippen LogP contribution in [0.25, 0.3) is 22.1 Å². The zero-order valence-electron chi connectivity index (χ0n) is 12.0. The summed E-state index contributed by atoms with van der Waals surface area (Å²) in [5, 5.41) is 11.5. The van der Waals surface area contributed by atoms with E-state index in [9.17, 15) is 4.79 Å². The van der Waals surface area contributed by atoms with E-state index in [0.717, 1.165) is 16.7 Å². The lowest BCUT2D eigenvalue weighted by atomic mass is 10.2. The maximum absolute atomic E-state index is 11.9. The Balaban J connectivity index is 1.73. The fraction of sp³-hybridized carbons (Fsp3) is 0.0667. The number of rotatable bonds is 3. The number of ether oxygens (including phenoxy) is 1. The largest absolute Gasteiger partial charge is 0.497 e. The summed E-state index contributed by atoms with van der Waals surface area (Å²) in [6, 6.07) is 8.74. The summed E-state index contributed by atoms with van der Waals surface area (Å²) in [5.74, 6) is 0.553. The number of nitrogens with one attached hydrogen (secondary N) is 2. The van der Waals surface area contributed by atoms with Crippen molar-refractivity contribution in [2.45, 2.75) is 0 Å². The number of aromatic amines is 1. The molecule has 0 saturated heterocycles. The van der Waals surface area contributed by atoms with Gasteiger partial charge in [0.25, 0.3) is 11.9 Å². The molecule has 0 unspecified atom stereocenters. The van der Waals surface area contributed by atoms with Crippen molar-refractivity contribution in [1.29, 1.82) is 0 Å². The number of carbonyl (C=O) groups excluding carboxylic acids is 1. The molecule has 3 heterocycles. The molecule has 0 spiro atoms. The Morgan fingerprint density at radius 1 is 1.30 bits per heavy atom. The van der Waals surface area contributed by atoms with E-state index in [-0.39, 0.29) is 11.7 Å². The molecule has 3 aromatic heterocycles. The van der Waals surface area contributed by atoms with E-state index in [0.29, 0.717) is 11.2 Å². The number of H-pyrrole nitrogens is 1. The van der Waals surface area contributed by atoms with Gasteiger partial charge in [0.05, 0.1) is 13.4 Å². The lowest BCUT2D eigenvalue weighted by molar-refractivity contribution is 0.0995. The first kappa shape index (κ1) is 13.3. The Labute approximate surface area is 129 Å². The second-order valence-corrected chi connectivity index (χ2v) is 4.80. The van der Waals surface area contributed by atoms with Crippen LogP contribution >= 0.6 is 0 Å². The Morgan fingerprint density at radius 2 is 2.22 bits per heavy atom. The summed E-state index contributed by atoms with van der Waals surface area (Å²) >= 11 is 0.